The molecule has 152 valence electrons. The number of hydrogen-bond donors (Lipinski definition) is 2. The summed E-state index contributed by atoms with van der Waals surface area (Å²) in [4.78, 5) is 31.4. The molecule has 0 bridgehead atoms. The van der Waals surface area contributed by atoms with Crippen LogP contribution in [0, 0.1) is 6.92 Å². The zero-order chi connectivity index (χ0) is 21.4. The highest BCUT2D eigenvalue weighted by Crippen LogP contribution is 2.44. The zero-order valence-corrected chi connectivity index (χ0v) is 17.0. The van der Waals surface area contributed by atoms with Crippen LogP contribution < -0.4 is 9.64 Å². The maximum atomic E-state index is 13.0. The molecule has 2 heterocycles. The van der Waals surface area contributed by atoms with Crippen molar-refractivity contribution in [2.45, 2.75) is 13.0 Å². The number of aromatic hydroxyl groups is 1. The van der Waals surface area contributed by atoms with Crippen LogP contribution in [-0.2, 0) is 9.59 Å². The number of benzene rings is 2. The van der Waals surface area contributed by atoms with Gasteiger partial charge >= 0.3 is 5.91 Å². The van der Waals surface area contributed by atoms with Gasteiger partial charge in [0.15, 0.2) is 16.6 Å². The highest BCUT2D eigenvalue weighted by molar-refractivity contribution is 7.14. The van der Waals surface area contributed by atoms with Crippen LogP contribution in [0.3, 0.4) is 0 Å². The number of phenols is 1. The van der Waals surface area contributed by atoms with Gasteiger partial charge in [-0.15, -0.1) is 11.3 Å². The van der Waals surface area contributed by atoms with Gasteiger partial charge in [-0.25, -0.2) is 4.98 Å². The summed E-state index contributed by atoms with van der Waals surface area (Å²) < 4.78 is 5.19. The predicted octanol–water partition coefficient (Wildman–Crippen LogP) is 3.79. The molecule has 3 aromatic rings. The standard InChI is InChI=1S/C22H18N2O5S/c1-12-3-5-13(6-4-12)19(26)17-18(14-7-8-15(25)16(11-14)29-2)24(21(28)20(17)27)22-23-9-10-30-22/h3-11,18,25-26H,1-2H3/b19-17-. The third kappa shape index (κ3) is 3.21. The molecule has 1 aromatic heterocycles. The van der Waals surface area contributed by atoms with E-state index < -0.39 is 17.7 Å². The molecule has 7 nitrogen and oxygen atoms in total. The highest BCUT2D eigenvalue weighted by atomic mass is 32.1. The number of methoxy groups -OCH3 is 1. The Labute approximate surface area is 176 Å². The molecule has 0 spiro atoms. The van der Waals surface area contributed by atoms with E-state index in [1.54, 1.807) is 23.6 Å². The van der Waals surface area contributed by atoms with Gasteiger partial charge in [0.2, 0.25) is 0 Å². The van der Waals surface area contributed by atoms with Crippen LogP contribution in [0.25, 0.3) is 5.76 Å². The van der Waals surface area contributed by atoms with E-state index in [1.807, 2.05) is 19.1 Å². The smallest absolute Gasteiger partial charge is 0.301 e. The lowest BCUT2D eigenvalue weighted by atomic mass is 9.95. The number of amides is 1. The maximum Gasteiger partial charge on any atom is 0.301 e. The van der Waals surface area contributed by atoms with E-state index in [1.165, 1.54) is 41.7 Å². The number of carbonyl (C=O) groups excluding carboxylic acids is 2. The Bertz CT molecular complexity index is 1150. The predicted molar refractivity (Wildman–Crippen MR) is 113 cm³/mol. The number of aliphatic hydroxyl groups is 1. The number of thiazole rings is 1. The number of aliphatic hydroxyl groups excluding tert-OH is 1. The van der Waals surface area contributed by atoms with Crippen molar-refractivity contribution in [3.63, 3.8) is 0 Å². The highest BCUT2D eigenvalue weighted by Gasteiger charge is 2.48. The number of aromatic nitrogens is 1. The fourth-order valence-electron chi connectivity index (χ4n) is 3.41. The van der Waals surface area contributed by atoms with Crippen LogP contribution in [0.4, 0.5) is 5.13 Å². The fraction of sp³-hybridized carbons (Fsp3) is 0.136. The van der Waals surface area contributed by atoms with Crippen molar-refractivity contribution in [2.75, 3.05) is 12.0 Å². The number of ketones is 1. The third-order valence-electron chi connectivity index (χ3n) is 4.91. The molecule has 0 aliphatic carbocycles. The normalized spacial score (nSPS) is 18.1. The molecule has 30 heavy (non-hydrogen) atoms. The van der Waals surface area contributed by atoms with Crippen molar-refractivity contribution >= 4 is 33.9 Å². The summed E-state index contributed by atoms with van der Waals surface area (Å²) in [5, 5.41) is 23.0. The lowest BCUT2D eigenvalue weighted by molar-refractivity contribution is -0.132. The Kier molecular flexibility index (Phi) is 5.01. The van der Waals surface area contributed by atoms with Crippen LogP contribution in [0.1, 0.15) is 22.7 Å². The van der Waals surface area contributed by atoms with Crippen molar-refractivity contribution in [3.8, 4) is 11.5 Å². The quantitative estimate of drug-likeness (QED) is 0.377. The van der Waals surface area contributed by atoms with E-state index in [9.17, 15) is 19.8 Å². The molecule has 0 saturated carbocycles. The summed E-state index contributed by atoms with van der Waals surface area (Å²) in [6.07, 6.45) is 1.54. The summed E-state index contributed by atoms with van der Waals surface area (Å²) in [6.45, 7) is 1.91. The Morgan fingerprint density at radius 1 is 1.17 bits per heavy atom. The van der Waals surface area contributed by atoms with Gasteiger partial charge in [0.05, 0.1) is 18.7 Å². The molecule has 2 N–H and O–H groups in total. The number of nitrogens with zero attached hydrogens (tertiary/aromatic N) is 2. The largest absolute Gasteiger partial charge is 0.507 e. The van der Waals surface area contributed by atoms with Gasteiger partial charge in [-0.3, -0.25) is 14.5 Å². The number of rotatable bonds is 4. The van der Waals surface area contributed by atoms with Gasteiger partial charge in [0.25, 0.3) is 5.78 Å². The molecular weight excluding hydrogens is 404 g/mol. The fourth-order valence-corrected chi connectivity index (χ4v) is 4.08. The van der Waals surface area contributed by atoms with Crippen LogP contribution in [0.15, 0.2) is 59.6 Å². The average molecular weight is 422 g/mol. The van der Waals surface area contributed by atoms with Crippen molar-refractivity contribution in [1.29, 1.82) is 0 Å². The lowest BCUT2D eigenvalue weighted by Crippen LogP contribution is -2.29. The van der Waals surface area contributed by atoms with Crippen molar-refractivity contribution in [1.82, 2.24) is 4.98 Å². The maximum absolute atomic E-state index is 13.0. The van der Waals surface area contributed by atoms with Crippen molar-refractivity contribution < 1.29 is 24.5 Å². The molecule has 1 amide bonds. The van der Waals surface area contributed by atoms with Gasteiger partial charge in [-0.05, 0) is 24.6 Å². The number of aryl methyl sites for hydroxylation is 1. The number of hydrogen-bond acceptors (Lipinski definition) is 7. The average Bonchev–Trinajstić information content (AvgIpc) is 3.35. The Morgan fingerprint density at radius 3 is 2.53 bits per heavy atom. The number of anilines is 1. The molecule has 1 unspecified atom stereocenters. The number of ether oxygens (including phenoxy) is 1. The minimum atomic E-state index is -0.924. The van der Waals surface area contributed by atoms with Crippen LogP contribution in [-0.4, -0.2) is 34.0 Å². The summed E-state index contributed by atoms with van der Waals surface area (Å²) in [5.74, 6) is -1.75. The van der Waals surface area contributed by atoms with Gasteiger partial charge in [-0.1, -0.05) is 35.9 Å². The Morgan fingerprint density at radius 2 is 1.90 bits per heavy atom. The van der Waals surface area contributed by atoms with Gasteiger partial charge in [-0.2, -0.15) is 0 Å². The van der Waals surface area contributed by atoms with E-state index in [0.29, 0.717) is 16.3 Å². The van der Waals surface area contributed by atoms with Crippen molar-refractivity contribution in [3.05, 3.63) is 76.3 Å². The second kappa shape index (κ2) is 7.64. The molecule has 1 aliphatic heterocycles. The molecule has 4 rings (SSSR count). The zero-order valence-electron chi connectivity index (χ0n) is 16.2. The van der Waals surface area contributed by atoms with Crippen LogP contribution in [0.5, 0.6) is 11.5 Å². The molecule has 2 aromatic carbocycles. The van der Waals surface area contributed by atoms with Gasteiger partial charge in [0.1, 0.15) is 5.76 Å². The van der Waals surface area contributed by atoms with Crippen molar-refractivity contribution in [2.24, 2.45) is 0 Å². The van der Waals surface area contributed by atoms with Crippen LogP contribution in [0.2, 0.25) is 0 Å². The first-order valence-electron chi connectivity index (χ1n) is 9.06. The Hall–Kier alpha value is -3.65. The van der Waals surface area contributed by atoms with Gasteiger partial charge in [0, 0.05) is 17.1 Å². The molecule has 1 fully saturated rings. The summed E-state index contributed by atoms with van der Waals surface area (Å²) in [6, 6.07) is 10.6. The summed E-state index contributed by atoms with van der Waals surface area (Å²) in [5.41, 5.74) is 1.86. The lowest BCUT2D eigenvalue weighted by Gasteiger charge is -2.23. The van der Waals surface area contributed by atoms with E-state index >= 15 is 0 Å². The molecule has 1 saturated heterocycles. The first-order valence-corrected chi connectivity index (χ1v) is 9.94. The minimum Gasteiger partial charge on any atom is -0.507 e. The van der Waals surface area contributed by atoms with E-state index in [4.69, 9.17) is 4.74 Å². The van der Waals surface area contributed by atoms with E-state index in [0.717, 1.165) is 5.56 Å². The van der Waals surface area contributed by atoms with E-state index in [2.05, 4.69) is 4.98 Å². The SMILES string of the molecule is COc1cc(C2/C(=C(/O)c3ccc(C)cc3)C(=O)C(=O)N2c2nccs2)ccc1O. The second-order valence-electron chi connectivity index (χ2n) is 6.78. The number of phenolic OH excluding ortho intramolecular Hbond substituents is 1. The summed E-state index contributed by atoms with van der Waals surface area (Å²) in [7, 11) is 1.41. The number of carbonyl (C=O) groups is 2. The summed E-state index contributed by atoms with van der Waals surface area (Å²) >= 11 is 1.21. The molecular formula is C22H18N2O5S. The monoisotopic (exact) mass is 422 g/mol. The van der Waals surface area contributed by atoms with Crippen LogP contribution >= 0.6 is 11.3 Å². The minimum absolute atomic E-state index is 0.0493. The first-order chi connectivity index (χ1) is 14.4. The molecule has 1 atom stereocenters. The number of Topliss-reactive ketones (excluding diaryl/α,β-unsaturated/α-hetero) is 1. The topological polar surface area (TPSA) is 100.0 Å². The molecule has 1 aliphatic rings. The molecule has 8 heteroatoms. The second-order valence-corrected chi connectivity index (χ2v) is 7.65. The third-order valence-corrected chi connectivity index (χ3v) is 5.69. The van der Waals surface area contributed by atoms with E-state index in [-0.39, 0.29) is 22.8 Å². The van der Waals surface area contributed by atoms with Gasteiger partial charge < -0.3 is 14.9 Å². The molecule has 0 radical (unpaired) electrons. The first kappa shape index (κ1) is 19.7. The Balaban J connectivity index is 1.95.